The number of phenolic OH excluding ortho intramolecular Hbond substituents is 1. The molecule has 8 heteroatoms. The lowest BCUT2D eigenvalue weighted by atomic mass is 10.1. The summed E-state index contributed by atoms with van der Waals surface area (Å²) in [5, 5.41) is 38.7. The van der Waals surface area contributed by atoms with Gasteiger partial charge < -0.3 is 15.3 Å². The Balaban J connectivity index is 2.37. The molecule has 0 aliphatic carbocycles. The van der Waals surface area contributed by atoms with Crippen LogP contribution in [0.2, 0.25) is 0 Å². The largest absolute Gasteiger partial charge is 0.507 e. The quantitative estimate of drug-likeness (QED) is 0.451. The molecule has 2 aromatic carbocycles. The Kier molecular flexibility index (Phi) is 4.03. The minimum atomic E-state index is -1.31. The summed E-state index contributed by atoms with van der Waals surface area (Å²) >= 11 is 0. The number of hydrogen-bond donors (Lipinski definition) is 3. The number of carboxylic acid groups (broad SMARTS) is 1. The lowest BCUT2D eigenvalue weighted by Gasteiger charge is -2.01. The zero-order valence-corrected chi connectivity index (χ0v) is 11.0. The number of para-hydroxylation sites is 1. The van der Waals surface area contributed by atoms with Crippen molar-refractivity contribution in [3.63, 3.8) is 0 Å². The molecule has 2 aromatic rings. The van der Waals surface area contributed by atoms with Crippen molar-refractivity contribution >= 4 is 23.6 Å². The molecular formula is C14H10N2O6. The highest BCUT2D eigenvalue weighted by Gasteiger charge is 2.15. The lowest BCUT2D eigenvalue weighted by molar-refractivity contribution is -0.385. The molecule has 22 heavy (non-hydrogen) atoms. The zero-order valence-electron chi connectivity index (χ0n) is 11.0. The van der Waals surface area contributed by atoms with Crippen molar-refractivity contribution in [3.8, 4) is 11.5 Å². The fraction of sp³-hybridized carbons (Fsp3) is 0. The number of phenols is 2. The Labute approximate surface area is 123 Å². The second kappa shape index (κ2) is 5.92. The Bertz CT molecular complexity index is 785. The molecule has 0 unspecified atom stereocenters. The molecule has 2 rings (SSSR count). The number of nitro benzene ring substituents is 1. The second-order valence-corrected chi connectivity index (χ2v) is 4.24. The second-order valence-electron chi connectivity index (χ2n) is 4.24. The fourth-order valence-corrected chi connectivity index (χ4v) is 1.72. The number of aromatic carboxylic acids is 1. The van der Waals surface area contributed by atoms with Gasteiger partial charge in [0.1, 0.15) is 11.3 Å². The number of aliphatic imine (C=N–C) groups is 1. The molecule has 0 aliphatic rings. The van der Waals surface area contributed by atoms with Gasteiger partial charge in [-0.05, 0) is 24.3 Å². The monoisotopic (exact) mass is 302 g/mol. The van der Waals surface area contributed by atoms with Crippen LogP contribution in [0.1, 0.15) is 15.9 Å². The van der Waals surface area contributed by atoms with Gasteiger partial charge in [0.2, 0.25) is 5.75 Å². The van der Waals surface area contributed by atoms with E-state index in [4.69, 9.17) is 5.11 Å². The number of benzene rings is 2. The Morgan fingerprint density at radius 1 is 1.23 bits per heavy atom. The minimum Gasteiger partial charge on any atom is -0.507 e. The van der Waals surface area contributed by atoms with Crippen LogP contribution in [0.4, 0.5) is 11.4 Å². The van der Waals surface area contributed by atoms with Crippen LogP contribution in [0.3, 0.4) is 0 Å². The number of carboxylic acids is 1. The van der Waals surface area contributed by atoms with Crippen LogP contribution in [-0.2, 0) is 0 Å². The van der Waals surface area contributed by atoms with Gasteiger partial charge in [0.25, 0.3) is 0 Å². The standard InChI is InChI=1S/C14H10N2O6/c17-12-5-4-9(6-10(12)14(19)20)15-7-8-2-1-3-11(13(8)18)16(21)22/h1-7,17-18H,(H,19,20). The van der Waals surface area contributed by atoms with E-state index in [0.717, 1.165) is 12.1 Å². The summed E-state index contributed by atoms with van der Waals surface area (Å²) in [6.45, 7) is 0. The molecular weight excluding hydrogens is 292 g/mol. The number of nitro groups is 1. The normalized spacial score (nSPS) is 10.7. The van der Waals surface area contributed by atoms with Crippen molar-refractivity contribution < 1.29 is 25.0 Å². The van der Waals surface area contributed by atoms with Crippen LogP contribution >= 0.6 is 0 Å². The van der Waals surface area contributed by atoms with E-state index in [1.165, 1.54) is 30.5 Å². The van der Waals surface area contributed by atoms with Gasteiger partial charge in [0.05, 0.1) is 10.6 Å². The van der Waals surface area contributed by atoms with Crippen molar-refractivity contribution in [1.29, 1.82) is 0 Å². The van der Waals surface area contributed by atoms with Crippen molar-refractivity contribution in [1.82, 2.24) is 0 Å². The number of hydrogen-bond acceptors (Lipinski definition) is 6. The van der Waals surface area contributed by atoms with Crippen molar-refractivity contribution in [3.05, 3.63) is 57.6 Å². The third-order valence-electron chi connectivity index (χ3n) is 2.81. The van der Waals surface area contributed by atoms with Gasteiger partial charge in [-0.3, -0.25) is 15.1 Å². The van der Waals surface area contributed by atoms with Crippen molar-refractivity contribution in [2.45, 2.75) is 0 Å². The molecule has 0 bridgehead atoms. The lowest BCUT2D eigenvalue weighted by Crippen LogP contribution is -1.96. The van der Waals surface area contributed by atoms with E-state index >= 15 is 0 Å². The summed E-state index contributed by atoms with van der Waals surface area (Å²) in [6.07, 6.45) is 1.17. The highest BCUT2D eigenvalue weighted by molar-refractivity contribution is 5.92. The van der Waals surface area contributed by atoms with E-state index < -0.39 is 28.1 Å². The molecule has 8 nitrogen and oxygen atoms in total. The topological polar surface area (TPSA) is 133 Å². The summed E-state index contributed by atoms with van der Waals surface area (Å²) in [6, 6.07) is 7.64. The maximum atomic E-state index is 10.9. The average Bonchev–Trinajstić information content (AvgIpc) is 2.47. The first-order chi connectivity index (χ1) is 10.4. The predicted molar refractivity (Wildman–Crippen MR) is 77.1 cm³/mol. The predicted octanol–water partition coefficient (Wildman–Crippen LogP) is 2.45. The molecule has 0 radical (unpaired) electrons. The molecule has 0 atom stereocenters. The van der Waals surface area contributed by atoms with E-state index in [1.807, 2.05) is 0 Å². The molecule has 0 saturated heterocycles. The first-order valence-corrected chi connectivity index (χ1v) is 5.97. The third kappa shape index (κ3) is 3.01. The molecule has 3 N–H and O–H groups in total. The van der Waals surface area contributed by atoms with Crippen LogP contribution in [-0.4, -0.2) is 32.4 Å². The van der Waals surface area contributed by atoms with Gasteiger partial charge in [-0.25, -0.2) is 4.79 Å². The Morgan fingerprint density at radius 3 is 2.59 bits per heavy atom. The van der Waals surface area contributed by atoms with Crippen molar-refractivity contribution in [2.75, 3.05) is 0 Å². The maximum absolute atomic E-state index is 10.9. The van der Waals surface area contributed by atoms with Gasteiger partial charge in [-0.15, -0.1) is 0 Å². The molecule has 0 aromatic heterocycles. The summed E-state index contributed by atoms with van der Waals surface area (Å²) in [4.78, 5) is 24.8. The molecule has 0 fully saturated rings. The smallest absolute Gasteiger partial charge is 0.339 e. The Morgan fingerprint density at radius 2 is 1.95 bits per heavy atom. The molecule has 0 aliphatic heterocycles. The number of nitrogens with zero attached hydrogens (tertiary/aromatic N) is 2. The van der Waals surface area contributed by atoms with Gasteiger partial charge in [-0.2, -0.15) is 0 Å². The van der Waals surface area contributed by atoms with Crippen LogP contribution in [0.25, 0.3) is 0 Å². The van der Waals surface area contributed by atoms with Crippen molar-refractivity contribution in [2.24, 2.45) is 4.99 Å². The molecule has 0 spiro atoms. The van der Waals surface area contributed by atoms with Crippen LogP contribution in [0, 0.1) is 10.1 Å². The highest BCUT2D eigenvalue weighted by Crippen LogP contribution is 2.29. The Hall–Kier alpha value is -3.42. The van der Waals surface area contributed by atoms with Crippen LogP contribution in [0.15, 0.2) is 41.4 Å². The van der Waals surface area contributed by atoms with Gasteiger partial charge in [0.15, 0.2) is 0 Å². The van der Waals surface area contributed by atoms with Gasteiger partial charge in [0, 0.05) is 17.8 Å². The van der Waals surface area contributed by atoms with Gasteiger partial charge >= 0.3 is 11.7 Å². The average molecular weight is 302 g/mol. The molecule has 0 heterocycles. The fourth-order valence-electron chi connectivity index (χ4n) is 1.72. The van der Waals surface area contributed by atoms with E-state index in [-0.39, 0.29) is 16.8 Å². The minimum absolute atomic E-state index is 0.110. The van der Waals surface area contributed by atoms with Crippen LogP contribution < -0.4 is 0 Å². The summed E-state index contributed by atoms with van der Waals surface area (Å²) in [7, 11) is 0. The SMILES string of the molecule is O=C(O)c1cc(N=Cc2cccc([N+](=O)[O-])c2O)ccc1O. The zero-order chi connectivity index (χ0) is 16.3. The van der Waals surface area contributed by atoms with Gasteiger partial charge in [-0.1, -0.05) is 6.07 Å². The number of carbonyl (C=O) groups is 1. The first kappa shape index (κ1) is 15.0. The first-order valence-electron chi connectivity index (χ1n) is 5.97. The molecule has 0 saturated carbocycles. The highest BCUT2D eigenvalue weighted by atomic mass is 16.6. The number of aromatic hydroxyl groups is 2. The van der Waals surface area contributed by atoms with E-state index in [2.05, 4.69) is 4.99 Å². The third-order valence-corrected chi connectivity index (χ3v) is 2.81. The van der Waals surface area contributed by atoms with E-state index in [0.29, 0.717) is 0 Å². The summed E-state index contributed by atoms with van der Waals surface area (Å²) in [5.74, 6) is -2.24. The summed E-state index contributed by atoms with van der Waals surface area (Å²) in [5.41, 5.74) is -0.459. The van der Waals surface area contributed by atoms with E-state index in [9.17, 15) is 25.1 Å². The summed E-state index contributed by atoms with van der Waals surface area (Å²) < 4.78 is 0. The molecule has 0 amide bonds. The maximum Gasteiger partial charge on any atom is 0.339 e. The van der Waals surface area contributed by atoms with E-state index in [1.54, 1.807) is 0 Å². The van der Waals surface area contributed by atoms with Crippen LogP contribution in [0.5, 0.6) is 11.5 Å². The number of rotatable bonds is 4. The molecule has 112 valence electrons.